The van der Waals surface area contributed by atoms with Crippen LogP contribution in [0.4, 0.5) is 10.5 Å². The van der Waals surface area contributed by atoms with Crippen LogP contribution in [-0.2, 0) is 14.3 Å². The minimum atomic E-state index is -0.699. The number of nitrogens with zero attached hydrogens (tertiary/aromatic N) is 1. The van der Waals surface area contributed by atoms with Gasteiger partial charge in [-0.1, -0.05) is 36.4 Å². The molecule has 1 unspecified atom stereocenters. The number of benzene rings is 2. The first-order valence-electron chi connectivity index (χ1n) is 8.49. The highest BCUT2D eigenvalue weighted by molar-refractivity contribution is 6.24. The summed E-state index contributed by atoms with van der Waals surface area (Å²) in [4.78, 5) is 38.0. The summed E-state index contributed by atoms with van der Waals surface area (Å²) >= 11 is 0. The largest absolute Gasteiger partial charge is 0.383 e. The van der Waals surface area contributed by atoms with Crippen molar-refractivity contribution in [2.75, 3.05) is 25.2 Å². The van der Waals surface area contributed by atoms with E-state index in [1.54, 1.807) is 13.2 Å². The average molecular weight is 355 g/mol. The Morgan fingerprint density at radius 1 is 1.19 bits per heavy atom. The molecule has 7 heteroatoms. The van der Waals surface area contributed by atoms with Gasteiger partial charge in [0.05, 0.1) is 12.3 Å². The third-order valence-corrected chi connectivity index (χ3v) is 4.32. The van der Waals surface area contributed by atoms with Gasteiger partial charge in [0.2, 0.25) is 5.91 Å². The minimum Gasteiger partial charge on any atom is -0.383 e. The maximum Gasteiger partial charge on any atom is 0.329 e. The molecule has 7 nitrogen and oxygen atoms in total. The summed E-state index contributed by atoms with van der Waals surface area (Å²) in [7, 11) is 1.56. The van der Waals surface area contributed by atoms with Gasteiger partial charge in [0, 0.05) is 25.5 Å². The molecule has 1 heterocycles. The molecule has 1 atom stereocenters. The van der Waals surface area contributed by atoms with Gasteiger partial charge in [-0.25, -0.2) is 9.69 Å². The van der Waals surface area contributed by atoms with Crippen molar-refractivity contribution in [3.63, 3.8) is 0 Å². The molecule has 1 fully saturated rings. The van der Waals surface area contributed by atoms with Crippen molar-refractivity contribution in [3.8, 4) is 0 Å². The van der Waals surface area contributed by atoms with Crippen LogP contribution in [0.5, 0.6) is 0 Å². The van der Waals surface area contributed by atoms with Gasteiger partial charge in [-0.2, -0.15) is 0 Å². The number of anilines is 1. The number of imide groups is 1. The first-order chi connectivity index (χ1) is 12.6. The fraction of sp³-hybridized carbons (Fsp3) is 0.316. The van der Waals surface area contributed by atoms with Gasteiger partial charge in [0.25, 0.3) is 5.91 Å². The third-order valence-electron chi connectivity index (χ3n) is 4.32. The van der Waals surface area contributed by atoms with E-state index in [0.717, 1.165) is 15.7 Å². The van der Waals surface area contributed by atoms with Crippen molar-refractivity contribution >= 4 is 34.3 Å². The summed E-state index contributed by atoms with van der Waals surface area (Å²) in [6.45, 7) is 0.849. The number of rotatable bonds is 7. The molecule has 4 amide bonds. The van der Waals surface area contributed by atoms with Crippen molar-refractivity contribution in [1.82, 2.24) is 10.6 Å². The molecule has 1 saturated heterocycles. The van der Waals surface area contributed by atoms with E-state index < -0.39 is 12.1 Å². The van der Waals surface area contributed by atoms with Crippen LogP contribution in [0.2, 0.25) is 0 Å². The number of carbonyl (C=O) groups excluding carboxylic acids is 3. The number of hydrogen-bond donors (Lipinski definition) is 2. The second-order valence-electron chi connectivity index (χ2n) is 6.06. The van der Waals surface area contributed by atoms with Crippen LogP contribution in [0, 0.1) is 0 Å². The SMILES string of the molecule is COCCNC(=O)CCC1NC(=O)N(c2cccc3ccccc23)C1=O. The van der Waals surface area contributed by atoms with Crippen molar-refractivity contribution in [1.29, 1.82) is 0 Å². The Labute approximate surface area is 151 Å². The van der Waals surface area contributed by atoms with E-state index in [2.05, 4.69) is 10.6 Å². The second kappa shape index (κ2) is 7.97. The van der Waals surface area contributed by atoms with Crippen LogP contribution < -0.4 is 15.5 Å². The molecule has 2 aromatic rings. The number of ether oxygens (including phenoxy) is 1. The molecule has 0 spiro atoms. The molecule has 2 N–H and O–H groups in total. The molecule has 0 saturated carbocycles. The molecule has 26 heavy (non-hydrogen) atoms. The zero-order valence-electron chi connectivity index (χ0n) is 14.5. The van der Waals surface area contributed by atoms with Gasteiger partial charge in [0.1, 0.15) is 6.04 Å². The normalized spacial score (nSPS) is 16.8. The van der Waals surface area contributed by atoms with E-state index in [9.17, 15) is 14.4 Å². The zero-order chi connectivity index (χ0) is 18.5. The number of fused-ring (bicyclic) bond motifs is 1. The maximum atomic E-state index is 12.7. The third kappa shape index (κ3) is 3.67. The van der Waals surface area contributed by atoms with E-state index in [4.69, 9.17) is 4.74 Å². The van der Waals surface area contributed by atoms with E-state index >= 15 is 0 Å². The van der Waals surface area contributed by atoms with Gasteiger partial charge in [-0.05, 0) is 17.9 Å². The lowest BCUT2D eigenvalue weighted by molar-refractivity contribution is -0.122. The molecule has 2 aromatic carbocycles. The number of urea groups is 1. The first-order valence-corrected chi connectivity index (χ1v) is 8.49. The van der Waals surface area contributed by atoms with Crippen LogP contribution in [0.25, 0.3) is 10.8 Å². The smallest absolute Gasteiger partial charge is 0.329 e. The van der Waals surface area contributed by atoms with Gasteiger partial charge in [-0.15, -0.1) is 0 Å². The van der Waals surface area contributed by atoms with Gasteiger partial charge in [-0.3, -0.25) is 9.59 Å². The number of nitrogens with one attached hydrogen (secondary N) is 2. The average Bonchev–Trinajstić information content (AvgIpc) is 2.93. The van der Waals surface area contributed by atoms with E-state index in [1.165, 1.54) is 0 Å². The Hall–Kier alpha value is -2.93. The van der Waals surface area contributed by atoms with Gasteiger partial charge in [0.15, 0.2) is 0 Å². The summed E-state index contributed by atoms with van der Waals surface area (Å²) in [6.07, 6.45) is 0.411. The number of carbonyl (C=O) groups is 3. The molecule has 1 aliphatic heterocycles. The lowest BCUT2D eigenvalue weighted by Crippen LogP contribution is -2.33. The van der Waals surface area contributed by atoms with Crippen molar-refractivity contribution in [2.45, 2.75) is 18.9 Å². The second-order valence-corrected chi connectivity index (χ2v) is 6.06. The summed E-state index contributed by atoms with van der Waals surface area (Å²) in [5.41, 5.74) is 0.553. The van der Waals surface area contributed by atoms with E-state index in [-0.39, 0.29) is 24.7 Å². The molecule has 0 radical (unpaired) electrons. The fourth-order valence-electron chi connectivity index (χ4n) is 3.01. The molecule has 0 aromatic heterocycles. The van der Waals surface area contributed by atoms with Crippen LogP contribution in [0.15, 0.2) is 42.5 Å². The Kier molecular flexibility index (Phi) is 5.48. The van der Waals surface area contributed by atoms with E-state index in [0.29, 0.717) is 18.8 Å². The summed E-state index contributed by atoms with van der Waals surface area (Å²) in [6, 6.07) is 11.9. The molecule has 0 bridgehead atoms. The van der Waals surface area contributed by atoms with Crippen LogP contribution >= 0.6 is 0 Å². The Balaban J connectivity index is 1.70. The molecule has 136 valence electrons. The first kappa shape index (κ1) is 17.9. The lowest BCUT2D eigenvalue weighted by atomic mass is 10.1. The fourth-order valence-corrected chi connectivity index (χ4v) is 3.01. The Morgan fingerprint density at radius 2 is 1.96 bits per heavy atom. The predicted molar refractivity (Wildman–Crippen MR) is 97.9 cm³/mol. The number of methoxy groups -OCH3 is 1. The van der Waals surface area contributed by atoms with Gasteiger partial charge < -0.3 is 15.4 Å². The number of hydrogen-bond acceptors (Lipinski definition) is 4. The van der Waals surface area contributed by atoms with Crippen LogP contribution in [-0.4, -0.2) is 44.1 Å². The molecular formula is C19H21N3O4. The van der Waals surface area contributed by atoms with Gasteiger partial charge >= 0.3 is 6.03 Å². The van der Waals surface area contributed by atoms with Crippen LogP contribution in [0.3, 0.4) is 0 Å². The minimum absolute atomic E-state index is 0.157. The van der Waals surface area contributed by atoms with Crippen LogP contribution in [0.1, 0.15) is 12.8 Å². The topological polar surface area (TPSA) is 87.7 Å². The number of amides is 4. The summed E-state index contributed by atoms with van der Waals surface area (Å²) < 4.78 is 4.87. The Morgan fingerprint density at radius 3 is 2.77 bits per heavy atom. The zero-order valence-corrected chi connectivity index (χ0v) is 14.5. The standard InChI is InChI=1S/C19H21N3O4/c1-26-12-11-20-17(23)10-9-15-18(24)22(19(25)21-15)16-8-4-6-13-5-2-3-7-14(13)16/h2-8,15H,9-12H2,1H3,(H,20,23)(H,21,25). The highest BCUT2D eigenvalue weighted by Gasteiger charge is 2.39. The highest BCUT2D eigenvalue weighted by atomic mass is 16.5. The highest BCUT2D eigenvalue weighted by Crippen LogP contribution is 2.29. The summed E-state index contributed by atoms with van der Waals surface area (Å²) in [5, 5.41) is 7.15. The van der Waals surface area contributed by atoms with Crippen molar-refractivity contribution in [2.24, 2.45) is 0 Å². The lowest BCUT2D eigenvalue weighted by Gasteiger charge is -2.15. The Bertz CT molecular complexity index is 831. The molecule has 0 aliphatic carbocycles. The maximum absolute atomic E-state index is 12.7. The molecule has 3 rings (SSSR count). The molecule has 1 aliphatic rings. The summed E-state index contributed by atoms with van der Waals surface area (Å²) in [5.74, 6) is -0.510. The predicted octanol–water partition coefficient (Wildman–Crippen LogP) is 1.81. The van der Waals surface area contributed by atoms with Crippen molar-refractivity contribution < 1.29 is 19.1 Å². The van der Waals surface area contributed by atoms with E-state index in [1.807, 2.05) is 36.4 Å². The van der Waals surface area contributed by atoms with Crippen molar-refractivity contribution in [3.05, 3.63) is 42.5 Å². The molecular weight excluding hydrogens is 334 g/mol. The quantitative estimate of drug-likeness (QED) is 0.586. The monoisotopic (exact) mass is 355 g/mol.